The molecule has 0 radical (unpaired) electrons. The first kappa shape index (κ1) is 14.6. The first-order valence-corrected chi connectivity index (χ1v) is 8.01. The molecule has 3 rings (SSSR count). The largest absolute Gasteiger partial charge is 0.355 e. The van der Waals surface area contributed by atoms with Gasteiger partial charge in [-0.2, -0.15) is 0 Å². The van der Waals surface area contributed by atoms with E-state index in [-0.39, 0.29) is 11.9 Å². The van der Waals surface area contributed by atoms with Gasteiger partial charge in [0, 0.05) is 18.7 Å². The zero-order chi connectivity index (χ0) is 15.0. The van der Waals surface area contributed by atoms with Crippen LogP contribution in [0.3, 0.4) is 0 Å². The second-order valence-electron chi connectivity index (χ2n) is 5.32. The maximum atomic E-state index is 12.5. The van der Waals surface area contributed by atoms with Crippen LogP contribution in [0.1, 0.15) is 23.8 Å². The fraction of sp³-hybridized carbons (Fsp3) is 0.429. The Kier molecular flexibility index (Phi) is 4.01. The smallest absolute Gasteiger partial charge is 0.276 e. The summed E-state index contributed by atoms with van der Waals surface area (Å²) >= 11 is 7.30. The van der Waals surface area contributed by atoms with Crippen LogP contribution in [0.15, 0.2) is 22.7 Å². The number of nitrogens with zero attached hydrogens (tertiary/aromatic N) is 2. The molecule has 0 bridgehead atoms. The first-order valence-electron chi connectivity index (χ1n) is 6.82. The number of hydrogen-bond acceptors (Lipinski definition) is 5. The normalized spacial score (nSPS) is 22.0. The van der Waals surface area contributed by atoms with Crippen molar-refractivity contribution in [3.05, 3.63) is 28.2 Å². The van der Waals surface area contributed by atoms with Gasteiger partial charge in [0.2, 0.25) is 0 Å². The van der Waals surface area contributed by atoms with Gasteiger partial charge in [0.15, 0.2) is 11.5 Å². The van der Waals surface area contributed by atoms with Gasteiger partial charge in [-0.05, 0) is 37.9 Å². The van der Waals surface area contributed by atoms with Gasteiger partial charge in [-0.3, -0.25) is 4.79 Å². The second-order valence-corrected chi connectivity index (χ2v) is 7.04. The minimum atomic E-state index is -0.101. The van der Waals surface area contributed by atoms with Gasteiger partial charge in [-0.25, -0.2) is 0 Å². The van der Waals surface area contributed by atoms with Crippen molar-refractivity contribution in [2.45, 2.75) is 19.4 Å². The van der Waals surface area contributed by atoms with Gasteiger partial charge in [0.25, 0.3) is 5.91 Å². The lowest BCUT2D eigenvalue weighted by atomic mass is 10.1. The SMILES string of the molecule is CC1CC(CN)CN1C(=O)c1cc(-c2ccc(Cl)s2)on1. The molecule has 7 heteroatoms. The van der Waals surface area contributed by atoms with Crippen LogP contribution < -0.4 is 5.73 Å². The van der Waals surface area contributed by atoms with Crippen molar-refractivity contribution in [2.75, 3.05) is 13.1 Å². The Hall–Kier alpha value is -1.37. The Morgan fingerprint density at radius 2 is 2.43 bits per heavy atom. The number of carbonyl (C=O) groups is 1. The highest BCUT2D eigenvalue weighted by atomic mass is 35.5. The molecule has 1 amide bonds. The lowest BCUT2D eigenvalue weighted by molar-refractivity contribution is 0.0733. The van der Waals surface area contributed by atoms with Crippen molar-refractivity contribution in [2.24, 2.45) is 11.7 Å². The van der Waals surface area contributed by atoms with Gasteiger partial charge < -0.3 is 15.2 Å². The Bertz CT molecular complexity index is 654. The van der Waals surface area contributed by atoms with E-state index in [4.69, 9.17) is 21.9 Å². The monoisotopic (exact) mass is 325 g/mol. The van der Waals surface area contributed by atoms with Crippen molar-refractivity contribution >= 4 is 28.8 Å². The van der Waals surface area contributed by atoms with E-state index < -0.39 is 0 Å². The summed E-state index contributed by atoms with van der Waals surface area (Å²) in [5, 5.41) is 3.90. The van der Waals surface area contributed by atoms with Gasteiger partial charge in [0.1, 0.15) is 0 Å². The number of carbonyl (C=O) groups excluding carboxylic acids is 1. The van der Waals surface area contributed by atoms with E-state index in [1.807, 2.05) is 17.9 Å². The maximum absolute atomic E-state index is 12.5. The number of hydrogen-bond donors (Lipinski definition) is 1. The Balaban J connectivity index is 1.78. The molecule has 5 nitrogen and oxygen atoms in total. The fourth-order valence-electron chi connectivity index (χ4n) is 2.68. The lowest BCUT2D eigenvalue weighted by Crippen LogP contribution is -2.34. The van der Waals surface area contributed by atoms with Gasteiger partial charge >= 0.3 is 0 Å². The third kappa shape index (κ3) is 2.84. The Labute approximate surface area is 131 Å². The molecular formula is C14H16ClN3O2S. The quantitative estimate of drug-likeness (QED) is 0.941. The van der Waals surface area contributed by atoms with E-state index in [0.29, 0.717) is 34.8 Å². The molecule has 2 unspecified atom stereocenters. The molecule has 1 aliphatic rings. The predicted octanol–water partition coefficient (Wildman–Crippen LogP) is 2.87. The molecular weight excluding hydrogens is 310 g/mol. The number of thiophene rings is 1. The van der Waals surface area contributed by atoms with Crippen LogP contribution in [-0.2, 0) is 0 Å². The van der Waals surface area contributed by atoms with Crippen LogP contribution in [0.2, 0.25) is 4.34 Å². The van der Waals surface area contributed by atoms with E-state index in [2.05, 4.69) is 5.16 Å². The third-order valence-electron chi connectivity index (χ3n) is 3.80. The highest BCUT2D eigenvalue weighted by Gasteiger charge is 2.33. The first-order chi connectivity index (χ1) is 10.1. The van der Waals surface area contributed by atoms with Crippen LogP contribution >= 0.6 is 22.9 Å². The summed E-state index contributed by atoms with van der Waals surface area (Å²) in [6.07, 6.45) is 0.938. The Morgan fingerprint density at radius 3 is 3.05 bits per heavy atom. The summed E-state index contributed by atoms with van der Waals surface area (Å²) in [6.45, 7) is 3.32. The van der Waals surface area contributed by atoms with E-state index in [0.717, 1.165) is 11.3 Å². The summed E-state index contributed by atoms with van der Waals surface area (Å²) in [7, 11) is 0. The van der Waals surface area contributed by atoms with E-state index >= 15 is 0 Å². The average molecular weight is 326 g/mol. The number of amides is 1. The molecule has 21 heavy (non-hydrogen) atoms. The van der Waals surface area contributed by atoms with Crippen molar-refractivity contribution < 1.29 is 9.32 Å². The number of aromatic nitrogens is 1. The molecule has 112 valence electrons. The zero-order valence-electron chi connectivity index (χ0n) is 11.6. The standard InChI is InChI=1S/C14H16ClN3O2S/c1-8-4-9(6-16)7-18(8)14(19)10-5-11(20-17-10)12-2-3-13(15)21-12/h2-3,5,8-9H,4,6-7,16H2,1H3. The molecule has 0 aliphatic carbocycles. The van der Waals surface area contributed by atoms with Gasteiger partial charge in [-0.15, -0.1) is 11.3 Å². The topological polar surface area (TPSA) is 72.4 Å². The number of rotatable bonds is 3. The lowest BCUT2D eigenvalue weighted by Gasteiger charge is -2.19. The van der Waals surface area contributed by atoms with E-state index in [1.54, 1.807) is 12.1 Å². The summed E-state index contributed by atoms with van der Waals surface area (Å²) in [5.41, 5.74) is 6.03. The highest BCUT2D eigenvalue weighted by Crippen LogP contribution is 2.32. The van der Waals surface area contributed by atoms with Crippen LogP contribution in [-0.4, -0.2) is 35.1 Å². The molecule has 0 aromatic carbocycles. The van der Waals surface area contributed by atoms with Crippen LogP contribution in [0, 0.1) is 5.92 Å². The molecule has 2 N–H and O–H groups in total. The highest BCUT2D eigenvalue weighted by molar-refractivity contribution is 7.19. The molecule has 1 aliphatic heterocycles. The number of nitrogens with two attached hydrogens (primary N) is 1. The third-order valence-corrected chi connectivity index (χ3v) is 5.05. The molecule has 2 aromatic heterocycles. The molecule has 1 saturated heterocycles. The number of likely N-dealkylation sites (tertiary alicyclic amines) is 1. The molecule has 3 heterocycles. The zero-order valence-corrected chi connectivity index (χ0v) is 13.2. The minimum Gasteiger partial charge on any atom is -0.355 e. The Morgan fingerprint density at radius 1 is 1.62 bits per heavy atom. The van der Waals surface area contributed by atoms with Crippen molar-refractivity contribution in [3.63, 3.8) is 0 Å². The second kappa shape index (κ2) is 5.79. The maximum Gasteiger partial charge on any atom is 0.276 e. The van der Waals surface area contributed by atoms with E-state index in [9.17, 15) is 4.79 Å². The predicted molar refractivity (Wildman–Crippen MR) is 82.5 cm³/mol. The summed E-state index contributed by atoms with van der Waals surface area (Å²) < 4.78 is 5.94. The van der Waals surface area contributed by atoms with Crippen molar-refractivity contribution in [1.29, 1.82) is 0 Å². The summed E-state index contributed by atoms with van der Waals surface area (Å²) in [5.74, 6) is 0.833. The molecule has 2 atom stereocenters. The van der Waals surface area contributed by atoms with Crippen molar-refractivity contribution in [3.8, 4) is 10.6 Å². The summed E-state index contributed by atoms with van der Waals surface area (Å²) in [4.78, 5) is 15.2. The van der Waals surface area contributed by atoms with Crippen LogP contribution in [0.5, 0.6) is 0 Å². The molecule has 0 spiro atoms. The number of halogens is 1. The van der Waals surface area contributed by atoms with E-state index in [1.165, 1.54) is 11.3 Å². The van der Waals surface area contributed by atoms with Gasteiger partial charge in [0.05, 0.1) is 9.21 Å². The molecule has 0 saturated carbocycles. The molecule has 1 fully saturated rings. The molecule has 2 aromatic rings. The van der Waals surface area contributed by atoms with Crippen LogP contribution in [0.25, 0.3) is 10.6 Å². The van der Waals surface area contributed by atoms with Crippen LogP contribution in [0.4, 0.5) is 0 Å². The van der Waals surface area contributed by atoms with Gasteiger partial charge in [-0.1, -0.05) is 16.8 Å². The summed E-state index contributed by atoms with van der Waals surface area (Å²) in [6, 6.07) is 5.50. The minimum absolute atomic E-state index is 0.101. The fourth-order valence-corrected chi connectivity index (χ4v) is 3.67. The van der Waals surface area contributed by atoms with Crippen molar-refractivity contribution in [1.82, 2.24) is 10.1 Å². The average Bonchev–Trinajstić information content (AvgIpc) is 3.16.